The van der Waals surface area contributed by atoms with Crippen LogP contribution in [0.2, 0.25) is 0 Å². The summed E-state index contributed by atoms with van der Waals surface area (Å²) in [5.41, 5.74) is 0.573. The Hall–Kier alpha value is -2.25. The number of halogens is 1. The highest BCUT2D eigenvalue weighted by Crippen LogP contribution is 2.41. The van der Waals surface area contributed by atoms with Gasteiger partial charge in [0.15, 0.2) is 0 Å². The van der Waals surface area contributed by atoms with E-state index in [4.69, 9.17) is 0 Å². The van der Waals surface area contributed by atoms with Crippen LogP contribution in [0.15, 0.2) is 59.5 Å². The third kappa shape index (κ3) is 3.44. The fourth-order valence-electron chi connectivity index (χ4n) is 4.31. The molecule has 148 valence electrons. The molecule has 4 rings (SSSR count). The quantitative estimate of drug-likeness (QED) is 0.789. The second-order valence-corrected chi connectivity index (χ2v) is 9.49. The van der Waals surface area contributed by atoms with E-state index in [9.17, 15) is 17.6 Å². The lowest BCUT2D eigenvalue weighted by Gasteiger charge is -2.44. The van der Waals surface area contributed by atoms with Crippen molar-refractivity contribution in [2.24, 2.45) is 0 Å². The lowest BCUT2D eigenvalue weighted by Crippen LogP contribution is -2.53. The van der Waals surface area contributed by atoms with E-state index in [-0.39, 0.29) is 17.3 Å². The van der Waals surface area contributed by atoms with Gasteiger partial charge in [-0.1, -0.05) is 30.3 Å². The molecule has 0 aromatic heterocycles. The average Bonchev–Trinajstić information content (AvgIpc) is 3.00. The number of rotatable bonds is 4. The zero-order chi connectivity index (χ0) is 19.8. The van der Waals surface area contributed by atoms with Gasteiger partial charge in [-0.15, -0.1) is 0 Å². The number of sulfonamides is 1. The Morgan fingerprint density at radius 3 is 2.21 bits per heavy atom. The van der Waals surface area contributed by atoms with Crippen molar-refractivity contribution in [3.8, 4) is 0 Å². The molecule has 2 aromatic carbocycles. The van der Waals surface area contributed by atoms with Gasteiger partial charge >= 0.3 is 0 Å². The zero-order valence-electron chi connectivity index (χ0n) is 15.6. The predicted molar refractivity (Wildman–Crippen MR) is 103 cm³/mol. The summed E-state index contributed by atoms with van der Waals surface area (Å²) in [6, 6.07) is 14.7. The monoisotopic (exact) mass is 402 g/mol. The summed E-state index contributed by atoms with van der Waals surface area (Å²) in [4.78, 5) is 14.7. The molecule has 2 aliphatic heterocycles. The van der Waals surface area contributed by atoms with Crippen molar-refractivity contribution in [3.05, 3.63) is 66.0 Å². The Bertz CT molecular complexity index is 953. The van der Waals surface area contributed by atoms with Crippen molar-refractivity contribution < 1.29 is 17.6 Å². The number of carbonyl (C=O) groups is 1. The van der Waals surface area contributed by atoms with Crippen LogP contribution in [0.4, 0.5) is 4.39 Å². The van der Waals surface area contributed by atoms with Crippen molar-refractivity contribution in [2.45, 2.75) is 42.7 Å². The molecule has 2 fully saturated rings. The molecule has 28 heavy (non-hydrogen) atoms. The Labute approximate surface area is 164 Å². The van der Waals surface area contributed by atoms with Crippen LogP contribution in [-0.2, 0) is 21.4 Å². The van der Waals surface area contributed by atoms with Crippen LogP contribution >= 0.6 is 0 Å². The summed E-state index contributed by atoms with van der Waals surface area (Å²) in [7, 11) is -3.51. The minimum absolute atomic E-state index is 0.0868. The lowest BCUT2D eigenvalue weighted by molar-refractivity contribution is -0.133. The highest BCUT2D eigenvalue weighted by molar-refractivity contribution is 7.89. The van der Waals surface area contributed by atoms with Gasteiger partial charge in [-0.25, -0.2) is 12.8 Å². The molecule has 0 unspecified atom stereocenters. The zero-order valence-corrected chi connectivity index (χ0v) is 16.4. The summed E-state index contributed by atoms with van der Waals surface area (Å²) in [6.07, 6.45) is 2.46. The third-order valence-corrected chi connectivity index (χ3v) is 7.88. The fourth-order valence-corrected chi connectivity index (χ4v) is 5.77. The molecular weight excluding hydrogens is 379 g/mol. The van der Waals surface area contributed by atoms with Crippen LogP contribution in [0, 0.1) is 5.82 Å². The summed E-state index contributed by atoms with van der Waals surface area (Å²) >= 11 is 0. The number of carbonyl (C=O) groups excluding carboxylic acids is 1. The van der Waals surface area contributed by atoms with Crippen molar-refractivity contribution in [2.75, 3.05) is 13.1 Å². The smallest absolute Gasteiger partial charge is 0.243 e. The molecule has 0 saturated carbocycles. The maximum absolute atomic E-state index is 13.2. The molecule has 7 heteroatoms. The highest BCUT2D eigenvalue weighted by atomic mass is 32.2. The van der Waals surface area contributed by atoms with Crippen LogP contribution < -0.4 is 0 Å². The van der Waals surface area contributed by atoms with Gasteiger partial charge in [-0.05, 0) is 49.1 Å². The van der Waals surface area contributed by atoms with Crippen LogP contribution in [0.5, 0.6) is 0 Å². The Morgan fingerprint density at radius 2 is 1.57 bits per heavy atom. The van der Waals surface area contributed by atoms with E-state index < -0.39 is 10.0 Å². The van der Waals surface area contributed by atoms with Crippen LogP contribution in [0.1, 0.15) is 31.2 Å². The molecule has 0 N–H and O–H groups in total. The summed E-state index contributed by atoms with van der Waals surface area (Å²) in [5, 5.41) is 0. The lowest BCUT2D eigenvalue weighted by atomic mass is 9.85. The minimum atomic E-state index is -3.51. The number of hydrogen-bond donors (Lipinski definition) is 0. The molecule has 0 aliphatic carbocycles. The normalized spacial score (nSPS) is 20.0. The second kappa shape index (κ2) is 7.29. The van der Waals surface area contributed by atoms with E-state index in [1.807, 2.05) is 4.90 Å². The molecule has 1 amide bonds. The van der Waals surface area contributed by atoms with Crippen LogP contribution in [0.3, 0.4) is 0 Å². The number of benzene rings is 2. The van der Waals surface area contributed by atoms with E-state index in [1.54, 1.807) is 42.5 Å². The number of likely N-dealkylation sites (tertiary alicyclic amines) is 1. The van der Waals surface area contributed by atoms with E-state index in [2.05, 4.69) is 0 Å². The number of amides is 1. The summed E-state index contributed by atoms with van der Waals surface area (Å²) in [5.74, 6) is -0.214. The first-order chi connectivity index (χ1) is 13.4. The molecular formula is C21H23FN2O3S. The topological polar surface area (TPSA) is 57.7 Å². The van der Waals surface area contributed by atoms with Gasteiger partial charge in [0.1, 0.15) is 5.82 Å². The van der Waals surface area contributed by atoms with E-state index in [0.717, 1.165) is 12.0 Å². The largest absolute Gasteiger partial charge is 0.333 e. The number of hydrogen-bond acceptors (Lipinski definition) is 3. The second-order valence-electron chi connectivity index (χ2n) is 7.55. The van der Waals surface area contributed by atoms with Gasteiger partial charge in [0.2, 0.25) is 15.9 Å². The minimum Gasteiger partial charge on any atom is -0.333 e. The Balaban J connectivity index is 1.50. The molecule has 5 nitrogen and oxygen atoms in total. The number of piperidine rings is 1. The first-order valence-electron chi connectivity index (χ1n) is 9.51. The first kappa shape index (κ1) is 19.1. The fraction of sp³-hybridized carbons (Fsp3) is 0.381. The average molecular weight is 402 g/mol. The van der Waals surface area contributed by atoms with Crippen molar-refractivity contribution in [1.29, 1.82) is 0 Å². The Kier molecular flexibility index (Phi) is 4.97. The molecule has 0 bridgehead atoms. The van der Waals surface area contributed by atoms with Crippen LogP contribution in [0.25, 0.3) is 0 Å². The molecule has 0 atom stereocenters. The van der Waals surface area contributed by atoms with Crippen LogP contribution in [-0.4, -0.2) is 42.2 Å². The maximum Gasteiger partial charge on any atom is 0.243 e. The van der Waals surface area contributed by atoms with Gasteiger partial charge in [0.05, 0.1) is 4.90 Å². The van der Waals surface area contributed by atoms with Crippen molar-refractivity contribution >= 4 is 15.9 Å². The van der Waals surface area contributed by atoms with Crippen molar-refractivity contribution in [1.82, 2.24) is 9.21 Å². The molecule has 1 spiro atoms. The van der Waals surface area contributed by atoms with Gasteiger partial charge in [-0.2, -0.15) is 4.31 Å². The number of nitrogens with zero attached hydrogens (tertiary/aromatic N) is 2. The SMILES string of the molecule is O=C1CCC2(CCN(S(=O)(=O)c3ccccc3)CC2)N1Cc1ccc(F)cc1. The molecule has 2 saturated heterocycles. The van der Waals surface area contributed by atoms with E-state index in [1.165, 1.54) is 16.4 Å². The van der Waals surface area contributed by atoms with Crippen molar-refractivity contribution in [3.63, 3.8) is 0 Å². The standard InChI is InChI=1S/C21H23FN2O3S/c22-18-8-6-17(7-9-18)16-24-20(25)10-11-21(24)12-14-23(15-13-21)28(26,27)19-4-2-1-3-5-19/h1-9H,10-16H2. The van der Waals surface area contributed by atoms with E-state index >= 15 is 0 Å². The van der Waals surface area contributed by atoms with Gasteiger partial charge < -0.3 is 4.90 Å². The molecule has 2 aromatic rings. The third-order valence-electron chi connectivity index (χ3n) is 5.97. The molecule has 0 radical (unpaired) electrons. The summed E-state index contributed by atoms with van der Waals surface area (Å²) < 4.78 is 40.4. The van der Waals surface area contributed by atoms with Gasteiger partial charge in [0, 0.05) is 31.6 Å². The highest BCUT2D eigenvalue weighted by Gasteiger charge is 2.48. The van der Waals surface area contributed by atoms with E-state index in [0.29, 0.717) is 43.8 Å². The summed E-state index contributed by atoms with van der Waals surface area (Å²) in [6.45, 7) is 1.22. The first-order valence-corrected chi connectivity index (χ1v) is 10.9. The predicted octanol–water partition coefficient (Wildman–Crippen LogP) is 3.17. The Morgan fingerprint density at radius 1 is 0.929 bits per heavy atom. The van der Waals surface area contributed by atoms with Gasteiger partial charge in [0.25, 0.3) is 0 Å². The van der Waals surface area contributed by atoms with Gasteiger partial charge in [-0.3, -0.25) is 4.79 Å². The maximum atomic E-state index is 13.2. The molecule has 2 heterocycles. The molecule has 2 aliphatic rings.